The number of fused-ring (bicyclic) bond motifs is 1. The van der Waals surface area contributed by atoms with Crippen molar-refractivity contribution in [3.8, 4) is 11.8 Å². The van der Waals surface area contributed by atoms with Crippen LogP contribution in [0.25, 0.3) is 0 Å². The maximum Gasteiger partial charge on any atom is 0.197 e. The van der Waals surface area contributed by atoms with Crippen LogP contribution in [0, 0.1) is 11.6 Å². The average Bonchev–Trinajstić information content (AvgIpc) is 2.94. The van der Waals surface area contributed by atoms with Crippen molar-refractivity contribution >= 4 is 5.69 Å². The van der Waals surface area contributed by atoms with Crippen LogP contribution in [-0.4, -0.2) is 52.4 Å². The van der Waals surface area contributed by atoms with Crippen LogP contribution in [0.2, 0.25) is 0 Å². The lowest BCUT2D eigenvalue weighted by atomic mass is 10.0. The van der Waals surface area contributed by atoms with Crippen molar-refractivity contribution in [2.24, 2.45) is 0 Å². The normalized spacial score (nSPS) is 17.1. The Morgan fingerprint density at radius 1 is 0.857 bits per heavy atom. The number of anilines is 1. The number of piperazine rings is 1. The monoisotopic (exact) mass is 389 g/mol. The van der Waals surface area contributed by atoms with Gasteiger partial charge >= 0.3 is 0 Å². The van der Waals surface area contributed by atoms with Gasteiger partial charge in [-0.15, -0.1) is 0 Å². The smallest absolute Gasteiger partial charge is 0.197 e. The highest BCUT2D eigenvalue weighted by atomic mass is 19.1. The second kappa shape index (κ2) is 7.83. The van der Waals surface area contributed by atoms with Crippen LogP contribution in [0.15, 0.2) is 30.4 Å². The van der Waals surface area contributed by atoms with E-state index >= 15 is 0 Å². The van der Waals surface area contributed by atoms with Crippen LogP contribution in [0.4, 0.5) is 14.5 Å². The molecule has 0 saturated carbocycles. The summed E-state index contributed by atoms with van der Waals surface area (Å²) in [5.41, 5.74) is 2.10. The van der Waals surface area contributed by atoms with E-state index in [1.54, 1.807) is 4.57 Å². The molecule has 1 aliphatic heterocycles. The first-order valence-corrected chi connectivity index (χ1v) is 9.74. The van der Waals surface area contributed by atoms with Crippen molar-refractivity contribution in [1.82, 2.24) is 9.47 Å². The lowest BCUT2D eigenvalue weighted by Gasteiger charge is -2.36. The van der Waals surface area contributed by atoms with E-state index in [9.17, 15) is 19.0 Å². The number of hydrogen-bond donors (Lipinski definition) is 2. The predicted octanol–water partition coefficient (Wildman–Crippen LogP) is 3.04. The molecule has 0 amide bonds. The van der Waals surface area contributed by atoms with Crippen molar-refractivity contribution in [2.75, 3.05) is 37.6 Å². The van der Waals surface area contributed by atoms with Gasteiger partial charge in [0.15, 0.2) is 11.8 Å². The summed E-state index contributed by atoms with van der Waals surface area (Å²) in [6, 6.07) is 3.71. The van der Waals surface area contributed by atoms with Crippen LogP contribution in [0.3, 0.4) is 0 Å². The van der Waals surface area contributed by atoms with Crippen LogP contribution in [0.5, 0.6) is 11.8 Å². The van der Waals surface area contributed by atoms with E-state index in [0.717, 1.165) is 43.2 Å². The Morgan fingerprint density at radius 3 is 2.11 bits per heavy atom. The molecule has 0 radical (unpaired) electrons. The van der Waals surface area contributed by atoms with E-state index in [2.05, 4.69) is 4.90 Å². The Hall–Kier alpha value is -2.54. The number of benzene rings is 1. The fraction of sp³-hybridized carbons (Fsp3) is 0.429. The van der Waals surface area contributed by atoms with E-state index in [4.69, 9.17) is 0 Å². The summed E-state index contributed by atoms with van der Waals surface area (Å²) in [5.74, 6) is -0.735. The zero-order valence-corrected chi connectivity index (χ0v) is 15.7. The number of rotatable bonds is 5. The third-order valence-electron chi connectivity index (χ3n) is 5.70. The number of aromatic nitrogens is 1. The number of aromatic hydroxyl groups is 2. The summed E-state index contributed by atoms with van der Waals surface area (Å²) in [7, 11) is 0. The SMILES string of the molecule is Oc1c2c(c(O)n1CCCN1CCN(c3ccc(F)cc3F)CC1)CC=CC2. The molecular formula is C21H25F2N3O2. The Kier molecular flexibility index (Phi) is 5.26. The molecule has 1 aliphatic carbocycles. The first kappa shape index (κ1) is 18.8. The lowest BCUT2D eigenvalue weighted by Crippen LogP contribution is -2.47. The van der Waals surface area contributed by atoms with E-state index in [1.165, 1.54) is 12.1 Å². The van der Waals surface area contributed by atoms with E-state index < -0.39 is 11.6 Å². The van der Waals surface area contributed by atoms with Gasteiger partial charge in [-0.2, -0.15) is 0 Å². The largest absolute Gasteiger partial charge is 0.494 e. The minimum atomic E-state index is -0.561. The molecule has 1 fully saturated rings. The number of hydrogen-bond acceptors (Lipinski definition) is 4. The van der Waals surface area contributed by atoms with Crippen molar-refractivity contribution < 1.29 is 19.0 Å². The minimum Gasteiger partial charge on any atom is -0.494 e. The van der Waals surface area contributed by atoms with Gasteiger partial charge in [0.1, 0.15) is 11.6 Å². The van der Waals surface area contributed by atoms with Gasteiger partial charge in [-0.05, 0) is 37.9 Å². The molecule has 0 unspecified atom stereocenters. The number of halogens is 2. The van der Waals surface area contributed by atoms with Gasteiger partial charge in [0, 0.05) is 49.9 Å². The van der Waals surface area contributed by atoms with Gasteiger partial charge in [0.25, 0.3) is 0 Å². The fourth-order valence-electron chi connectivity index (χ4n) is 4.14. The molecule has 7 heteroatoms. The molecule has 0 spiro atoms. The van der Waals surface area contributed by atoms with Gasteiger partial charge in [-0.1, -0.05) is 12.2 Å². The molecule has 1 aromatic carbocycles. The first-order valence-electron chi connectivity index (χ1n) is 9.74. The molecular weight excluding hydrogens is 364 g/mol. The van der Waals surface area contributed by atoms with Gasteiger partial charge in [0.2, 0.25) is 0 Å². The van der Waals surface area contributed by atoms with Gasteiger partial charge in [0.05, 0.1) is 5.69 Å². The highest BCUT2D eigenvalue weighted by Gasteiger charge is 2.23. The van der Waals surface area contributed by atoms with Gasteiger partial charge in [-0.3, -0.25) is 9.47 Å². The fourth-order valence-corrected chi connectivity index (χ4v) is 4.14. The average molecular weight is 389 g/mol. The Balaban J connectivity index is 1.29. The molecule has 2 heterocycles. The predicted molar refractivity (Wildman–Crippen MR) is 104 cm³/mol. The lowest BCUT2D eigenvalue weighted by molar-refractivity contribution is 0.245. The standard InChI is InChI=1S/C21H25F2N3O2/c22-15-6-7-19(18(23)14-15)25-12-10-24(11-13-25)8-3-9-26-20(27)16-4-1-2-5-17(16)21(26)28/h1-2,6-7,14,27-28H,3-5,8-13H2. The third-order valence-corrected chi connectivity index (χ3v) is 5.70. The second-order valence-electron chi connectivity index (χ2n) is 7.41. The van der Waals surface area contributed by atoms with Crippen molar-refractivity contribution in [3.63, 3.8) is 0 Å². The molecule has 0 bridgehead atoms. The van der Waals surface area contributed by atoms with Gasteiger partial charge in [-0.25, -0.2) is 8.78 Å². The zero-order chi connectivity index (χ0) is 19.7. The van der Waals surface area contributed by atoms with E-state index in [1.807, 2.05) is 17.1 Å². The van der Waals surface area contributed by atoms with Crippen LogP contribution in [0.1, 0.15) is 17.5 Å². The van der Waals surface area contributed by atoms with E-state index in [-0.39, 0.29) is 11.8 Å². The van der Waals surface area contributed by atoms with Crippen molar-refractivity contribution in [1.29, 1.82) is 0 Å². The summed E-state index contributed by atoms with van der Waals surface area (Å²) < 4.78 is 28.6. The molecule has 150 valence electrons. The molecule has 5 nitrogen and oxygen atoms in total. The topological polar surface area (TPSA) is 51.9 Å². The zero-order valence-electron chi connectivity index (χ0n) is 15.7. The van der Waals surface area contributed by atoms with Crippen LogP contribution in [-0.2, 0) is 19.4 Å². The summed E-state index contributed by atoms with van der Waals surface area (Å²) in [4.78, 5) is 4.23. The van der Waals surface area contributed by atoms with Crippen molar-refractivity contribution in [3.05, 3.63) is 53.1 Å². The number of allylic oxidation sites excluding steroid dienone is 2. The van der Waals surface area contributed by atoms with Gasteiger partial charge < -0.3 is 15.1 Å². The second-order valence-corrected chi connectivity index (χ2v) is 7.41. The minimum absolute atomic E-state index is 0.174. The molecule has 1 aromatic heterocycles. The highest BCUT2D eigenvalue weighted by Crippen LogP contribution is 2.36. The Bertz CT molecular complexity index is 855. The summed E-state index contributed by atoms with van der Waals surface area (Å²) in [6.45, 7) is 4.34. The van der Waals surface area contributed by atoms with Crippen LogP contribution < -0.4 is 4.90 Å². The molecule has 1 saturated heterocycles. The number of nitrogens with zero attached hydrogens (tertiary/aromatic N) is 3. The maximum atomic E-state index is 13.9. The van der Waals surface area contributed by atoms with Crippen LogP contribution >= 0.6 is 0 Å². The molecule has 28 heavy (non-hydrogen) atoms. The molecule has 2 aliphatic rings. The quantitative estimate of drug-likeness (QED) is 0.772. The molecule has 4 rings (SSSR count). The van der Waals surface area contributed by atoms with Crippen molar-refractivity contribution in [2.45, 2.75) is 25.8 Å². The molecule has 0 atom stereocenters. The first-order chi connectivity index (χ1) is 13.5. The highest BCUT2D eigenvalue weighted by molar-refractivity contribution is 5.49. The Morgan fingerprint density at radius 2 is 1.50 bits per heavy atom. The summed E-state index contributed by atoms with van der Waals surface area (Å²) >= 11 is 0. The third kappa shape index (κ3) is 3.58. The molecule has 2 aromatic rings. The molecule has 2 N–H and O–H groups in total. The van der Waals surface area contributed by atoms with E-state index in [0.29, 0.717) is 38.2 Å². The summed E-state index contributed by atoms with van der Waals surface area (Å²) in [5, 5.41) is 20.8. The summed E-state index contributed by atoms with van der Waals surface area (Å²) in [6.07, 6.45) is 6.13. The maximum absolute atomic E-state index is 13.9. The Labute approximate surface area is 163 Å².